The van der Waals surface area contributed by atoms with Gasteiger partial charge in [0.05, 0.1) is 5.69 Å². The van der Waals surface area contributed by atoms with Gasteiger partial charge in [-0.15, -0.1) is 0 Å². The van der Waals surface area contributed by atoms with Crippen LogP contribution in [0, 0.1) is 12.8 Å². The van der Waals surface area contributed by atoms with Crippen LogP contribution >= 0.6 is 91.8 Å². The molecule has 0 saturated carbocycles. The average Bonchev–Trinajstić information content (AvgIpc) is 2.71. The second-order valence-corrected chi connectivity index (χ2v) is 43.3. The van der Waals surface area contributed by atoms with E-state index in [1.165, 1.54) is 19.4 Å². The fourth-order valence-electron chi connectivity index (χ4n) is 1.47. The first kappa shape index (κ1) is 45.4. The molecule has 2 aromatic heterocycles. The summed E-state index contributed by atoms with van der Waals surface area (Å²) in [4.78, 5) is 17.1. The normalized spacial score (nSPS) is 8.26. The Bertz CT molecular complexity index is 663. The van der Waals surface area contributed by atoms with Crippen LogP contribution in [0.2, 0.25) is 0 Å². The Balaban J connectivity index is -0.000000108. The molecule has 0 bridgehead atoms. The van der Waals surface area contributed by atoms with Gasteiger partial charge in [-0.25, -0.2) is 0 Å². The predicted molar refractivity (Wildman–Crippen MR) is 180 cm³/mol. The molecule has 0 spiro atoms. The van der Waals surface area contributed by atoms with Gasteiger partial charge in [-0.05, 0) is 75.7 Å². The molecule has 11 heteroatoms. The molecule has 0 fully saturated rings. The number of ketones is 1. The van der Waals surface area contributed by atoms with Crippen molar-refractivity contribution in [1.82, 2.24) is 9.97 Å². The van der Waals surface area contributed by atoms with Crippen molar-refractivity contribution in [3.8, 4) is 0 Å². The third-order valence-electron chi connectivity index (χ3n) is 2.13. The Morgan fingerprint density at radius 3 is 1.59 bits per heavy atom. The van der Waals surface area contributed by atoms with Crippen molar-refractivity contribution in [2.24, 2.45) is 5.92 Å². The van der Waals surface area contributed by atoms with Gasteiger partial charge in [-0.1, -0.05) is 34.6 Å². The molecule has 0 radical (unpaired) electrons. The molecule has 0 aliphatic carbocycles. The van der Waals surface area contributed by atoms with Gasteiger partial charge in [0.15, 0.2) is 0 Å². The summed E-state index contributed by atoms with van der Waals surface area (Å²) in [6.07, 6.45) is 9.13. The molecule has 5 nitrogen and oxygen atoms in total. The third-order valence-corrected chi connectivity index (χ3v) is 3.00. The Hall–Kier alpha value is 1.46. The maximum absolute atomic E-state index is 9.44. The van der Waals surface area contributed by atoms with Crippen LogP contribution < -0.4 is 5.73 Å². The quantitative estimate of drug-likeness (QED) is 0.231. The monoisotopic (exact) mass is 980 g/mol. The van der Waals surface area contributed by atoms with Gasteiger partial charge in [-0.2, -0.15) is 6.42 Å². The number of aliphatic hydroxyl groups excluding tert-OH is 1. The third kappa shape index (κ3) is 54.4. The summed E-state index contributed by atoms with van der Waals surface area (Å²) in [6, 6.07) is 3.92. The SMILES string of the molecule is CC.CC(C)=O.CC(C)Cc1cncc(Br)c1.CO.Nc1cncc(Br)c1.[CH2-]CC.[I][V]([I])[I]. The number of halogens is 5. The number of anilines is 1. The standard InChI is InChI=1S/C9H12BrN.C5H5BrN2.C3H6O.C3H7.C2H6.CH4O.3HI.V/c1-7(2)3-8-4-9(10)6-11-5-8;6-4-1-5(7)3-8-2-4;1-3(2)4;1-3-2;2*1-2;;;;/h4-7H,3H2,1-2H3;1-3H,7H2;1-2H3;1,3H2,2H3;1-2H3;2H,1H3;3*1H;/q;;;-1;;;;;;+3/p-3. The van der Waals surface area contributed by atoms with E-state index in [1.807, 2.05) is 33.2 Å². The number of carbonyl (C=O) groups excluding carboxylic acids is 1. The molecule has 2 rings (SSSR count). The summed E-state index contributed by atoms with van der Waals surface area (Å²) in [6.45, 7) is 17.0. The topological polar surface area (TPSA) is 89.1 Å². The van der Waals surface area contributed by atoms with Crippen LogP contribution in [0.3, 0.4) is 0 Å². The van der Waals surface area contributed by atoms with Gasteiger partial charge < -0.3 is 22.6 Å². The van der Waals surface area contributed by atoms with E-state index in [0.29, 0.717) is 11.6 Å². The van der Waals surface area contributed by atoms with Crippen LogP contribution in [0.25, 0.3) is 0 Å². The van der Waals surface area contributed by atoms with Crippen LogP contribution in [-0.4, -0.2) is 28.0 Å². The minimum atomic E-state index is -0.278. The number of pyridine rings is 2. The molecular formula is C23H40Br2I3N3O2V-. The predicted octanol–water partition coefficient (Wildman–Crippen LogP) is 9.58. The molecule has 2 heterocycles. The first-order valence-electron chi connectivity index (χ1n) is 10.3. The van der Waals surface area contributed by atoms with Crippen molar-refractivity contribution < 1.29 is 14.8 Å². The van der Waals surface area contributed by atoms with E-state index in [1.54, 1.807) is 18.5 Å². The van der Waals surface area contributed by atoms with Crippen LogP contribution in [0.15, 0.2) is 45.9 Å². The number of nitrogen functional groups attached to an aromatic ring is 1. The first-order valence-corrected chi connectivity index (χ1v) is 25.4. The van der Waals surface area contributed by atoms with E-state index in [-0.39, 0.29) is 10.7 Å². The van der Waals surface area contributed by atoms with Crippen LogP contribution in [0.1, 0.15) is 60.5 Å². The average molecular weight is 982 g/mol. The number of Topliss-reactive ketones (excluding diaryl/α,β-unsaturated/α-hetero) is 1. The number of carbonyl (C=O) groups is 1. The Morgan fingerprint density at radius 2 is 1.35 bits per heavy atom. The van der Waals surface area contributed by atoms with Crippen molar-refractivity contribution in [3.63, 3.8) is 0 Å². The molecule has 0 aliphatic rings. The molecule has 0 aliphatic heterocycles. The zero-order valence-electron chi connectivity index (χ0n) is 21.3. The Labute approximate surface area is 263 Å². The Kier molecular flexibility index (Phi) is 48.9. The zero-order chi connectivity index (χ0) is 28.1. The van der Waals surface area contributed by atoms with E-state index >= 15 is 0 Å². The van der Waals surface area contributed by atoms with E-state index in [0.717, 1.165) is 28.9 Å². The number of aromatic nitrogens is 2. The first-order chi connectivity index (χ1) is 15.8. The van der Waals surface area contributed by atoms with Crippen LogP contribution in [0.4, 0.5) is 5.69 Å². The van der Waals surface area contributed by atoms with E-state index < -0.39 is 0 Å². The van der Waals surface area contributed by atoms with Crippen molar-refractivity contribution >= 4 is 103 Å². The van der Waals surface area contributed by atoms with E-state index in [4.69, 9.17) is 10.8 Å². The number of aliphatic hydroxyl groups is 1. The molecule has 0 amide bonds. The number of nitrogens with two attached hydrogens (primary N) is 1. The van der Waals surface area contributed by atoms with Gasteiger partial charge in [0.1, 0.15) is 5.78 Å². The number of rotatable bonds is 2. The van der Waals surface area contributed by atoms with Crippen LogP contribution in [-0.2, 0) is 16.1 Å². The van der Waals surface area contributed by atoms with Gasteiger partial charge >= 0.3 is 64.9 Å². The maximum atomic E-state index is 9.44. The number of hydrogen-bond donors (Lipinski definition) is 2. The van der Waals surface area contributed by atoms with Gasteiger partial charge in [0.25, 0.3) is 0 Å². The summed E-state index contributed by atoms with van der Waals surface area (Å²) in [5.41, 5.74) is 7.35. The summed E-state index contributed by atoms with van der Waals surface area (Å²) >= 11 is 14.0. The summed E-state index contributed by atoms with van der Waals surface area (Å²) < 4.78 is 1.98. The second kappa shape index (κ2) is 36.6. The van der Waals surface area contributed by atoms with Crippen molar-refractivity contribution in [2.45, 2.75) is 61.3 Å². The van der Waals surface area contributed by atoms with Gasteiger partial charge in [0, 0.05) is 40.8 Å². The van der Waals surface area contributed by atoms with Crippen molar-refractivity contribution in [2.75, 3.05) is 12.8 Å². The molecular weight excluding hydrogens is 942 g/mol. The molecule has 3 N–H and O–H groups in total. The van der Waals surface area contributed by atoms with E-state index in [2.05, 4.69) is 129 Å². The summed E-state index contributed by atoms with van der Waals surface area (Å²) in [5, 5.41) is 7.00. The molecule has 0 atom stereocenters. The molecule has 34 heavy (non-hydrogen) atoms. The summed E-state index contributed by atoms with van der Waals surface area (Å²) in [5.74, 6) is 0.867. The number of hydrogen-bond acceptors (Lipinski definition) is 5. The Morgan fingerprint density at radius 1 is 1.03 bits per heavy atom. The van der Waals surface area contributed by atoms with Crippen LogP contribution in [0.5, 0.6) is 0 Å². The van der Waals surface area contributed by atoms with Crippen molar-refractivity contribution in [1.29, 1.82) is 0 Å². The number of nitrogens with zero attached hydrogens (tertiary/aromatic N) is 2. The molecule has 0 saturated heterocycles. The van der Waals surface area contributed by atoms with E-state index in [9.17, 15) is 4.79 Å². The summed E-state index contributed by atoms with van der Waals surface area (Å²) in [7, 11) is 1.00. The zero-order valence-corrected chi connectivity index (χ0v) is 32.4. The van der Waals surface area contributed by atoms with Gasteiger partial charge in [-0.3, -0.25) is 9.97 Å². The molecule has 0 aromatic carbocycles. The molecule has 0 unspecified atom stereocenters. The van der Waals surface area contributed by atoms with Crippen molar-refractivity contribution in [3.05, 3.63) is 58.4 Å². The molecule has 2 aromatic rings. The fourth-order valence-corrected chi connectivity index (χ4v) is 2.26. The fraction of sp³-hybridized carbons (Fsp3) is 0.478. The minimum absolute atomic E-state index is 0.167. The second-order valence-electron chi connectivity index (χ2n) is 6.15. The van der Waals surface area contributed by atoms with Gasteiger partial charge in [0.2, 0.25) is 0 Å². The molecule has 200 valence electrons.